The van der Waals surface area contributed by atoms with Crippen molar-refractivity contribution >= 4 is 28.3 Å². The highest BCUT2D eigenvalue weighted by molar-refractivity contribution is 5.92. The van der Waals surface area contributed by atoms with Crippen molar-refractivity contribution in [3.8, 4) is 0 Å². The fourth-order valence-corrected chi connectivity index (χ4v) is 3.63. The van der Waals surface area contributed by atoms with Crippen molar-refractivity contribution in [2.24, 2.45) is 0 Å². The van der Waals surface area contributed by atoms with Gasteiger partial charge in [-0.05, 0) is 56.2 Å². The number of piperidine rings is 1. The number of rotatable bonds is 3. The highest BCUT2D eigenvalue weighted by atomic mass is 19.1. The SMILES string of the molecule is Cc1ccc(NC(=O)NC2CCN(c3ccnc4ccc(F)cc34)CC2)cc1. The molecule has 5 nitrogen and oxygen atoms in total. The number of benzene rings is 2. The molecule has 1 aliphatic heterocycles. The second-order valence-electron chi connectivity index (χ2n) is 7.22. The molecule has 3 aromatic rings. The summed E-state index contributed by atoms with van der Waals surface area (Å²) in [5, 5.41) is 6.75. The maximum absolute atomic E-state index is 13.7. The van der Waals surface area contributed by atoms with Crippen LogP contribution in [-0.4, -0.2) is 30.1 Å². The van der Waals surface area contributed by atoms with E-state index in [4.69, 9.17) is 0 Å². The zero-order chi connectivity index (χ0) is 19.5. The van der Waals surface area contributed by atoms with Crippen molar-refractivity contribution in [1.82, 2.24) is 10.3 Å². The van der Waals surface area contributed by atoms with E-state index in [0.29, 0.717) is 0 Å². The van der Waals surface area contributed by atoms with Gasteiger partial charge in [-0.15, -0.1) is 0 Å². The van der Waals surface area contributed by atoms with Gasteiger partial charge in [-0.3, -0.25) is 4.98 Å². The van der Waals surface area contributed by atoms with Gasteiger partial charge >= 0.3 is 6.03 Å². The lowest BCUT2D eigenvalue weighted by molar-refractivity contribution is 0.246. The highest BCUT2D eigenvalue weighted by Gasteiger charge is 2.22. The molecule has 2 amide bonds. The van der Waals surface area contributed by atoms with Crippen LogP contribution in [-0.2, 0) is 0 Å². The van der Waals surface area contributed by atoms with Gasteiger partial charge < -0.3 is 15.5 Å². The van der Waals surface area contributed by atoms with E-state index in [1.807, 2.05) is 37.3 Å². The fraction of sp³-hybridized carbons (Fsp3) is 0.273. The Morgan fingerprint density at radius 3 is 2.61 bits per heavy atom. The number of pyridine rings is 1. The van der Waals surface area contributed by atoms with E-state index in [0.717, 1.165) is 53.8 Å². The fourth-order valence-electron chi connectivity index (χ4n) is 3.63. The third-order valence-corrected chi connectivity index (χ3v) is 5.16. The summed E-state index contributed by atoms with van der Waals surface area (Å²) >= 11 is 0. The Hall–Kier alpha value is -3.15. The van der Waals surface area contributed by atoms with Gasteiger partial charge in [-0.2, -0.15) is 0 Å². The summed E-state index contributed by atoms with van der Waals surface area (Å²) in [5.41, 5.74) is 3.72. The molecule has 1 saturated heterocycles. The first kappa shape index (κ1) is 18.2. The first-order valence-corrected chi connectivity index (χ1v) is 9.52. The van der Waals surface area contributed by atoms with Gasteiger partial charge in [0.1, 0.15) is 5.82 Å². The number of halogens is 1. The summed E-state index contributed by atoms with van der Waals surface area (Å²) in [5.74, 6) is -0.258. The summed E-state index contributed by atoms with van der Waals surface area (Å²) in [6.07, 6.45) is 3.43. The Labute approximate surface area is 163 Å². The average molecular weight is 378 g/mol. The van der Waals surface area contributed by atoms with Gasteiger partial charge in [0.15, 0.2) is 0 Å². The Balaban J connectivity index is 1.36. The van der Waals surface area contributed by atoms with E-state index in [1.54, 1.807) is 12.3 Å². The number of urea groups is 1. The lowest BCUT2D eigenvalue weighted by Gasteiger charge is -2.34. The normalized spacial score (nSPS) is 14.9. The molecule has 2 N–H and O–H groups in total. The molecule has 28 heavy (non-hydrogen) atoms. The van der Waals surface area contributed by atoms with Crippen LogP contribution in [0.2, 0.25) is 0 Å². The van der Waals surface area contributed by atoms with Crippen molar-refractivity contribution < 1.29 is 9.18 Å². The van der Waals surface area contributed by atoms with Crippen LogP contribution in [0.25, 0.3) is 10.9 Å². The molecule has 144 valence electrons. The second kappa shape index (κ2) is 7.84. The van der Waals surface area contributed by atoms with Gasteiger partial charge in [-0.1, -0.05) is 17.7 Å². The number of nitrogens with one attached hydrogen (secondary N) is 2. The maximum Gasteiger partial charge on any atom is 0.319 e. The zero-order valence-electron chi connectivity index (χ0n) is 15.8. The molecule has 0 bridgehead atoms. The van der Waals surface area contributed by atoms with Crippen LogP contribution in [0.3, 0.4) is 0 Å². The van der Waals surface area contributed by atoms with Crippen LogP contribution >= 0.6 is 0 Å². The Morgan fingerprint density at radius 1 is 1.11 bits per heavy atom. The third kappa shape index (κ3) is 4.06. The van der Waals surface area contributed by atoms with E-state index in [1.165, 1.54) is 12.1 Å². The second-order valence-corrected chi connectivity index (χ2v) is 7.22. The molecule has 4 rings (SSSR count). The minimum atomic E-state index is -0.258. The maximum atomic E-state index is 13.7. The Kier molecular flexibility index (Phi) is 5.10. The molecular weight excluding hydrogens is 355 g/mol. The number of fused-ring (bicyclic) bond motifs is 1. The number of amides is 2. The first-order valence-electron chi connectivity index (χ1n) is 9.52. The third-order valence-electron chi connectivity index (χ3n) is 5.16. The van der Waals surface area contributed by atoms with Crippen molar-refractivity contribution in [1.29, 1.82) is 0 Å². The van der Waals surface area contributed by atoms with Crippen LogP contribution in [0.5, 0.6) is 0 Å². The number of aromatic nitrogens is 1. The van der Waals surface area contributed by atoms with Crippen LogP contribution in [0, 0.1) is 12.7 Å². The predicted molar refractivity (Wildman–Crippen MR) is 110 cm³/mol. The number of anilines is 2. The predicted octanol–water partition coefficient (Wildman–Crippen LogP) is 4.47. The van der Waals surface area contributed by atoms with E-state index >= 15 is 0 Å². The van der Waals surface area contributed by atoms with Crippen LogP contribution in [0.15, 0.2) is 54.7 Å². The minimum absolute atomic E-state index is 0.117. The summed E-state index contributed by atoms with van der Waals surface area (Å²) in [6, 6.07) is 14.3. The lowest BCUT2D eigenvalue weighted by Crippen LogP contribution is -2.46. The van der Waals surface area contributed by atoms with Crippen LogP contribution < -0.4 is 15.5 Å². The van der Waals surface area contributed by atoms with Crippen LogP contribution in [0.1, 0.15) is 18.4 Å². The van der Waals surface area contributed by atoms with Crippen LogP contribution in [0.4, 0.5) is 20.6 Å². The summed E-state index contributed by atoms with van der Waals surface area (Å²) in [4.78, 5) is 18.8. The van der Waals surface area contributed by atoms with Gasteiger partial charge in [0.2, 0.25) is 0 Å². The zero-order valence-corrected chi connectivity index (χ0v) is 15.8. The first-order chi connectivity index (χ1) is 13.6. The monoisotopic (exact) mass is 378 g/mol. The number of carbonyl (C=O) groups is 1. The Bertz CT molecular complexity index is 981. The molecule has 0 atom stereocenters. The molecule has 6 heteroatoms. The summed E-state index contributed by atoms with van der Waals surface area (Å²) in [6.45, 7) is 3.61. The minimum Gasteiger partial charge on any atom is -0.371 e. The topological polar surface area (TPSA) is 57.3 Å². The smallest absolute Gasteiger partial charge is 0.319 e. The lowest BCUT2D eigenvalue weighted by atomic mass is 10.0. The summed E-state index contributed by atoms with van der Waals surface area (Å²) < 4.78 is 13.7. The summed E-state index contributed by atoms with van der Waals surface area (Å²) in [7, 11) is 0. The van der Waals surface area contributed by atoms with Gasteiger partial charge in [0, 0.05) is 42.1 Å². The number of nitrogens with zero attached hydrogens (tertiary/aromatic N) is 2. The highest BCUT2D eigenvalue weighted by Crippen LogP contribution is 2.28. The van der Waals surface area contributed by atoms with E-state index in [9.17, 15) is 9.18 Å². The van der Waals surface area contributed by atoms with E-state index in [2.05, 4.69) is 20.5 Å². The molecule has 1 fully saturated rings. The van der Waals surface area contributed by atoms with Crippen molar-refractivity contribution in [2.75, 3.05) is 23.3 Å². The van der Waals surface area contributed by atoms with Crippen molar-refractivity contribution in [2.45, 2.75) is 25.8 Å². The molecular formula is C22H23FN4O. The number of hydrogen-bond donors (Lipinski definition) is 2. The molecule has 0 saturated carbocycles. The Morgan fingerprint density at radius 2 is 1.86 bits per heavy atom. The standard InChI is InChI=1S/C22H23FN4O/c1-15-2-5-17(6-3-15)25-22(28)26-18-9-12-27(13-10-18)21-8-11-24-20-7-4-16(23)14-19(20)21/h2-8,11,14,18H,9-10,12-13H2,1H3,(H2,25,26,28). The van der Waals surface area contributed by atoms with E-state index < -0.39 is 0 Å². The van der Waals surface area contributed by atoms with Gasteiger partial charge in [0.05, 0.1) is 5.52 Å². The molecule has 0 unspecified atom stereocenters. The van der Waals surface area contributed by atoms with E-state index in [-0.39, 0.29) is 17.9 Å². The molecule has 0 spiro atoms. The molecule has 2 aromatic carbocycles. The van der Waals surface area contributed by atoms with Gasteiger partial charge in [0.25, 0.3) is 0 Å². The molecule has 0 aliphatic carbocycles. The quantitative estimate of drug-likeness (QED) is 0.707. The van der Waals surface area contributed by atoms with Crippen molar-refractivity contribution in [3.05, 3.63) is 66.1 Å². The number of aryl methyl sites for hydroxylation is 1. The molecule has 2 heterocycles. The number of hydrogen-bond acceptors (Lipinski definition) is 3. The van der Waals surface area contributed by atoms with Gasteiger partial charge in [-0.25, -0.2) is 9.18 Å². The number of carbonyl (C=O) groups excluding carboxylic acids is 1. The average Bonchev–Trinajstić information content (AvgIpc) is 2.70. The van der Waals surface area contributed by atoms with Crippen molar-refractivity contribution in [3.63, 3.8) is 0 Å². The largest absolute Gasteiger partial charge is 0.371 e. The molecule has 0 radical (unpaired) electrons. The molecule has 1 aliphatic rings. The molecule has 1 aromatic heterocycles.